The van der Waals surface area contributed by atoms with Crippen LogP contribution < -0.4 is 14.2 Å². The molecule has 1 aliphatic heterocycles. The van der Waals surface area contributed by atoms with Crippen molar-refractivity contribution in [1.29, 1.82) is 0 Å². The van der Waals surface area contributed by atoms with Crippen LogP contribution in [-0.4, -0.2) is 54.2 Å². The number of nitrogens with zero attached hydrogens (tertiary/aromatic N) is 1. The normalized spacial score (nSPS) is 16.5. The average Bonchev–Trinajstić information content (AvgIpc) is 3.18. The van der Waals surface area contributed by atoms with Gasteiger partial charge in [-0.15, -0.1) is 0 Å². The fourth-order valence-corrected chi connectivity index (χ4v) is 4.74. The molecule has 1 saturated heterocycles. The molecule has 38 heavy (non-hydrogen) atoms. The fraction of sp³-hybridized carbons (Fsp3) is 0.241. The van der Waals surface area contributed by atoms with Crippen LogP contribution in [0, 0.1) is 0 Å². The van der Waals surface area contributed by atoms with E-state index in [0.29, 0.717) is 35.7 Å². The second-order valence-electron chi connectivity index (χ2n) is 8.60. The van der Waals surface area contributed by atoms with E-state index in [9.17, 15) is 19.8 Å². The highest BCUT2D eigenvalue weighted by atomic mass is 79.9. The second kappa shape index (κ2) is 11.6. The molecule has 0 bridgehead atoms. The number of carbonyl (C=O) groups is 2. The summed E-state index contributed by atoms with van der Waals surface area (Å²) in [5.74, 6) is -0.489. The molecule has 0 spiro atoms. The third-order valence-corrected chi connectivity index (χ3v) is 6.88. The van der Waals surface area contributed by atoms with Crippen LogP contribution in [0.4, 0.5) is 0 Å². The minimum Gasteiger partial charge on any atom is -0.507 e. The minimum atomic E-state index is -0.890. The van der Waals surface area contributed by atoms with Gasteiger partial charge in [0.1, 0.15) is 5.76 Å². The molecule has 8 nitrogen and oxygen atoms in total. The van der Waals surface area contributed by atoms with Crippen molar-refractivity contribution in [2.45, 2.75) is 19.4 Å². The van der Waals surface area contributed by atoms with Crippen LogP contribution >= 0.6 is 15.9 Å². The van der Waals surface area contributed by atoms with Crippen molar-refractivity contribution >= 4 is 33.4 Å². The van der Waals surface area contributed by atoms with Crippen LogP contribution in [-0.2, 0) is 16.0 Å². The Hall–Kier alpha value is -3.98. The highest BCUT2D eigenvalue weighted by Gasteiger charge is 2.46. The quantitative estimate of drug-likeness (QED) is 0.202. The lowest BCUT2D eigenvalue weighted by Crippen LogP contribution is -2.31. The van der Waals surface area contributed by atoms with Gasteiger partial charge in [-0.2, -0.15) is 0 Å². The van der Waals surface area contributed by atoms with Gasteiger partial charge >= 0.3 is 0 Å². The summed E-state index contributed by atoms with van der Waals surface area (Å²) in [6, 6.07) is 16.0. The number of Topliss-reactive ketones (excluding diaryl/α,β-unsaturated/α-hetero) is 1. The second-order valence-corrected chi connectivity index (χ2v) is 9.51. The number of hydrogen-bond donors (Lipinski definition) is 2. The van der Waals surface area contributed by atoms with Gasteiger partial charge in [-0.05, 0) is 60.9 Å². The molecule has 0 radical (unpaired) electrons. The largest absolute Gasteiger partial charge is 0.507 e. The number of aromatic hydroxyl groups is 1. The van der Waals surface area contributed by atoms with Gasteiger partial charge in [0.2, 0.25) is 0 Å². The Morgan fingerprint density at radius 2 is 1.66 bits per heavy atom. The Balaban J connectivity index is 1.78. The first-order chi connectivity index (χ1) is 18.3. The lowest BCUT2D eigenvalue weighted by Gasteiger charge is -2.26. The molecular weight excluding hydrogens is 554 g/mol. The smallest absolute Gasteiger partial charge is 0.295 e. The van der Waals surface area contributed by atoms with Gasteiger partial charge < -0.3 is 29.3 Å². The molecule has 9 heteroatoms. The zero-order chi connectivity index (χ0) is 27.4. The predicted molar refractivity (Wildman–Crippen MR) is 146 cm³/mol. The van der Waals surface area contributed by atoms with Crippen molar-refractivity contribution in [3.63, 3.8) is 0 Å². The van der Waals surface area contributed by atoms with Crippen LogP contribution in [0.5, 0.6) is 23.0 Å². The molecule has 1 unspecified atom stereocenters. The number of aliphatic hydroxyl groups excluding tert-OH is 1. The molecule has 1 heterocycles. The maximum Gasteiger partial charge on any atom is 0.295 e. The number of halogens is 1. The number of ether oxygens (including phenoxy) is 3. The molecule has 3 aromatic rings. The molecule has 0 aromatic heterocycles. The van der Waals surface area contributed by atoms with Gasteiger partial charge in [0.25, 0.3) is 11.7 Å². The Morgan fingerprint density at radius 3 is 2.32 bits per heavy atom. The van der Waals surface area contributed by atoms with E-state index in [-0.39, 0.29) is 29.4 Å². The van der Waals surface area contributed by atoms with E-state index < -0.39 is 17.7 Å². The van der Waals surface area contributed by atoms with Crippen molar-refractivity contribution in [2.75, 3.05) is 27.4 Å². The number of rotatable bonds is 9. The van der Waals surface area contributed by atoms with Gasteiger partial charge in [0, 0.05) is 16.6 Å². The van der Waals surface area contributed by atoms with Gasteiger partial charge in [0.15, 0.2) is 23.0 Å². The average molecular weight is 582 g/mol. The van der Waals surface area contributed by atoms with Gasteiger partial charge in [0.05, 0.1) is 32.4 Å². The summed E-state index contributed by atoms with van der Waals surface area (Å²) >= 11 is 3.37. The van der Waals surface area contributed by atoms with Crippen LogP contribution in [0.25, 0.3) is 5.76 Å². The van der Waals surface area contributed by atoms with E-state index in [4.69, 9.17) is 14.2 Å². The summed E-state index contributed by atoms with van der Waals surface area (Å²) in [4.78, 5) is 28.1. The standard InChI is InChI=1S/C29H28BrNO7/c1-4-38-23-16-19(8-11-21(23)32)26-25(27(33)18-6-9-20(30)10-7-18)28(34)29(35)31(26)14-13-17-5-12-22(36-2)24(15-17)37-3/h5-12,15-16,26,32-33H,4,13-14H2,1-3H3/b27-25-. The Bertz CT molecular complexity index is 1380. The zero-order valence-corrected chi connectivity index (χ0v) is 22.8. The van der Waals surface area contributed by atoms with E-state index in [2.05, 4.69) is 15.9 Å². The summed E-state index contributed by atoms with van der Waals surface area (Å²) < 4.78 is 17.0. The lowest BCUT2D eigenvalue weighted by atomic mass is 9.95. The maximum absolute atomic E-state index is 13.3. The number of benzene rings is 3. The molecule has 0 saturated carbocycles. The summed E-state index contributed by atoms with van der Waals surface area (Å²) in [6.45, 7) is 2.29. The van der Waals surface area contributed by atoms with Crippen molar-refractivity contribution in [3.05, 3.63) is 87.4 Å². The number of carbonyl (C=O) groups excluding carboxylic acids is 2. The molecule has 1 amide bonds. The summed E-state index contributed by atoms with van der Waals surface area (Å²) in [7, 11) is 3.10. The van der Waals surface area contributed by atoms with Crippen LogP contribution in [0.2, 0.25) is 0 Å². The third-order valence-electron chi connectivity index (χ3n) is 6.35. The topological polar surface area (TPSA) is 106 Å². The van der Waals surface area contributed by atoms with Crippen LogP contribution in [0.3, 0.4) is 0 Å². The van der Waals surface area contributed by atoms with E-state index >= 15 is 0 Å². The van der Waals surface area contributed by atoms with E-state index in [1.54, 1.807) is 63.6 Å². The molecule has 1 aliphatic rings. The van der Waals surface area contributed by atoms with Gasteiger partial charge in [-0.25, -0.2) is 0 Å². The number of hydrogen-bond acceptors (Lipinski definition) is 7. The number of phenolic OH excluding ortho intramolecular Hbond substituents is 1. The first kappa shape index (κ1) is 27.1. The van der Waals surface area contributed by atoms with Crippen molar-refractivity contribution < 1.29 is 34.0 Å². The molecular formula is C29H28BrNO7. The molecule has 3 aromatic carbocycles. The number of likely N-dealkylation sites (tertiary alicyclic amines) is 1. The summed E-state index contributed by atoms with van der Waals surface area (Å²) in [5.41, 5.74) is 1.77. The number of amides is 1. The summed E-state index contributed by atoms with van der Waals surface area (Å²) in [6.07, 6.45) is 0.415. The van der Waals surface area contributed by atoms with Crippen molar-refractivity contribution in [3.8, 4) is 23.0 Å². The van der Waals surface area contributed by atoms with Crippen LogP contribution in [0.1, 0.15) is 29.7 Å². The van der Waals surface area contributed by atoms with E-state index in [1.807, 2.05) is 12.1 Å². The monoisotopic (exact) mass is 581 g/mol. The third kappa shape index (κ3) is 5.33. The molecule has 198 valence electrons. The predicted octanol–water partition coefficient (Wildman–Crippen LogP) is 5.24. The SMILES string of the molecule is CCOc1cc(C2/C(=C(/O)c3ccc(Br)cc3)C(=O)C(=O)N2CCc2ccc(OC)c(OC)c2)ccc1O. The van der Waals surface area contributed by atoms with E-state index in [1.165, 1.54) is 11.0 Å². The van der Waals surface area contributed by atoms with Gasteiger partial charge in [-0.1, -0.05) is 40.2 Å². The Morgan fingerprint density at radius 1 is 0.947 bits per heavy atom. The first-order valence-corrected chi connectivity index (χ1v) is 12.8. The van der Waals surface area contributed by atoms with Crippen LogP contribution in [0.15, 0.2) is 70.7 Å². The van der Waals surface area contributed by atoms with E-state index in [0.717, 1.165) is 10.0 Å². The van der Waals surface area contributed by atoms with Gasteiger partial charge in [-0.3, -0.25) is 9.59 Å². The number of aliphatic hydroxyl groups is 1. The number of phenols is 1. The Kier molecular flexibility index (Phi) is 8.26. The molecule has 1 atom stereocenters. The highest BCUT2D eigenvalue weighted by Crippen LogP contribution is 2.42. The number of ketones is 1. The zero-order valence-electron chi connectivity index (χ0n) is 21.2. The highest BCUT2D eigenvalue weighted by molar-refractivity contribution is 9.10. The fourth-order valence-electron chi connectivity index (χ4n) is 4.48. The minimum absolute atomic E-state index is 0.0298. The molecule has 4 rings (SSSR count). The molecule has 1 fully saturated rings. The van der Waals surface area contributed by atoms with Crippen molar-refractivity contribution in [2.24, 2.45) is 0 Å². The first-order valence-electron chi connectivity index (χ1n) is 12.0. The molecule has 2 N–H and O–H groups in total. The molecule has 0 aliphatic carbocycles. The summed E-state index contributed by atoms with van der Waals surface area (Å²) in [5, 5.41) is 21.5. The van der Waals surface area contributed by atoms with Crippen molar-refractivity contribution in [1.82, 2.24) is 4.90 Å². The Labute approximate surface area is 229 Å². The number of methoxy groups -OCH3 is 2. The lowest BCUT2D eigenvalue weighted by molar-refractivity contribution is -0.139. The maximum atomic E-state index is 13.3.